The number of hydrogen-bond donors (Lipinski definition) is 1. The van der Waals surface area contributed by atoms with E-state index < -0.39 is 0 Å². The average molecular weight is 371 g/mol. The van der Waals surface area contributed by atoms with E-state index in [0.29, 0.717) is 12.1 Å². The maximum atomic E-state index is 11.9. The zero-order valence-electron chi connectivity index (χ0n) is 10.7. The quantitative estimate of drug-likeness (QED) is 0.828. The Balaban J connectivity index is 2.23. The molecule has 1 aromatic carbocycles. The van der Waals surface area contributed by atoms with Gasteiger partial charge in [-0.25, -0.2) is 4.79 Å². The molecule has 1 heterocycles. The summed E-state index contributed by atoms with van der Waals surface area (Å²) in [6.45, 7) is 0.390. The minimum absolute atomic E-state index is 0.263. The van der Waals surface area contributed by atoms with Gasteiger partial charge in [0.2, 0.25) is 0 Å². The van der Waals surface area contributed by atoms with Gasteiger partial charge in [-0.2, -0.15) is 0 Å². The zero-order chi connectivity index (χ0) is 14.0. The fourth-order valence-electron chi connectivity index (χ4n) is 1.77. The summed E-state index contributed by atoms with van der Waals surface area (Å²) in [5.41, 5.74) is 0.920. The monoisotopic (exact) mass is 371 g/mol. The first-order valence-electron chi connectivity index (χ1n) is 5.74. The molecule has 0 amide bonds. The molecule has 6 heteroatoms. The van der Waals surface area contributed by atoms with E-state index >= 15 is 0 Å². The van der Waals surface area contributed by atoms with E-state index in [4.69, 9.17) is 0 Å². The molecule has 5 nitrogen and oxygen atoms in total. The van der Waals surface area contributed by atoms with E-state index in [1.807, 2.05) is 24.3 Å². The van der Waals surface area contributed by atoms with Gasteiger partial charge in [-0.15, -0.1) is 0 Å². The van der Waals surface area contributed by atoms with Crippen molar-refractivity contribution in [1.82, 2.24) is 9.13 Å². The van der Waals surface area contributed by atoms with E-state index in [1.165, 1.54) is 11.6 Å². The molecular formula is C13H14IN3O2. The lowest BCUT2D eigenvalue weighted by Gasteiger charge is -2.09. The van der Waals surface area contributed by atoms with Crippen molar-refractivity contribution >= 4 is 28.3 Å². The third-order valence-electron chi connectivity index (χ3n) is 2.84. The number of aromatic nitrogens is 2. The van der Waals surface area contributed by atoms with Gasteiger partial charge in [-0.1, -0.05) is 0 Å². The molecule has 2 rings (SSSR count). The van der Waals surface area contributed by atoms with Crippen LogP contribution in [0.5, 0.6) is 0 Å². The smallest absolute Gasteiger partial charge is 0.330 e. The van der Waals surface area contributed by atoms with Crippen LogP contribution in [0.2, 0.25) is 0 Å². The van der Waals surface area contributed by atoms with Crippen molar-refractivity contribution in [3.8, 4) is 0 Å². The van der Waals surface area contributed by atoms with Crippen LogP contribution in [0.3, 0.4) is 0 Å². The molecule has 1 aromatic heterocycles. The van der Waals surface area contributed by atoms with Crippen molar-refractivity contribution < 1.29 is 0 Å². The van der Waals surface area contributed by atoms with E-state index in [9.17, 15) is 9.59 Å². The Labute approximate surface area is 124 Å². The van der Waals surface area contributed by atoms with Gasteiger partial charge in [0.05, 0.1) is 5.56 Å². The second kappa shape index (κ2) is 5.60. The third kappa shape index (κ3) is 3.06. The highest BCUT2D eigenvalue weighted by atomic mass is 127. The van der Waals surface area contributed by atoms with Gasteiger partial charge in [0.15, 0.2) is 0 Å². The fraction of sp³-hybridized carbons (Fsp3) is 0.231. The van der Waals surface area contributed by atoms with Crippen molar-refractivity contribution in [2.45, 2.75) is 6.54 Å². The molecular weight excluding hydrogens is 357 g/mol. The van der Waals surface area contributed by atoms with Crippen LogP contribution in [0.25, 0.3) is 0 Å². The maximum absolute atomic E-state index is 11.9. The van der Waals surface area contributed by atoms with Crippen LogP contribution in [0.15, 0.2) is 40.1 Å². The van der Waals surface area contributed by atoms with Crippen molar-refractivity contribution in [2.75, 3.05) is 5.32 Å². The minimum Gasteiger partial charge on any atom is -0.381 e. The second-order valence-electron chi connectivity index (χ2n) is 4.27. The molecule has 100 valence electrons. The first kappa shape index (κ1) is 13.9. The summed E-state index contributed by atoms with van der Waals surface area (Å²) >= 11 is 2.23. The van der Waals surface area contributed by atoms with Gasteiger partial charge in [0.1, 0.15) is 0 Å². The van der Waals surface area contributed by atoms with Gasteiger partial charge >= 0.3 is 5.69 Å². The topological polar surface area (TPSA) is 56.0 Å². The molecule has 2 aromatic rings. The summed E-state index contributed by atoms with van der Waals surface area (Å²) < 4.78 is 3.68. The molecule has 0 atom stereocenters. The van der Waals surface area contributed by atoms with Crippen LogP contribution in [0.4, 0.5) is 5.69 Å². The molecule has 0 spiro atoms. The summed E-state index contributed by atoms with van der Waals surface area (Å²) in [7, 11) is 3.12. The Bertz CT molecular complexity index is 701. The Morgan fingerprint density at radius 3 is 2.42 bits per heavy atom. The number of hydrogen-bond acceptors (Lipinski definition) is 3. The first-order chi connectivity index (χ1) is 8.99. The van der Waals surface area contributed by atoms with Gasteiger partial charge < -0.3 is 9.88 Å². The average Bonchev–Trinajstić information content (AvgIpc) is 2.41. The van der Waals surface area contributed by atoms with Crippen molar-refractivity contribution in [1.29, 1.82) is 0 Å². The zero-order valence-corrected chi connectivity index (χ0v) is 12.8. The number of benzene rings is 1. The predicted molar refractivity (Wildman–Crippen MR) is 83.4 cm³/mol. The van der Waals surface area contributed by atoms with E-state index in [-0.39, 0.29) is 11.2 Å². The van der Waals surface area contributed by atoms with Gasteiger partial charge in [0.25, 0.3) is 5.56 Å². The maximum Gasteiger partial charge on any atom is 0.330 e. The molecule has 0 saturated carbocycles. The summed E-state index contributed by atoms with van der Waals surface area (Å²) in [4.78, 5) is 23.5. The van der Waals surface area contributed by atoms with Crippen molar-refractivity contribution in [3.63, 3.8) is 0 Å². The summed E-state index contributed by atoms with van der Waals surface area (Å²) in [6, 6.07) is 7.88. The summed E-state index contributed by atoms with van der Waals surface area (Å²) in [5, 5.41) is 3.17. The van der Waals surface area contributed by atoms with Crippen LogP contribution in [0.1, 0.15) is 5.56 Å². The van der Waals surface area contributed by atoms with Crippen LogP contribution in [-0.4, -0.2) is 9.13 Å². The summed E-state index contributed by atoms with van der Waals surface area (Å²) in [6.07, 6.45) is 1.57. The fourth-order valence-corrected chi connectivity index (χ4v) is 2.13. The summed E-state index contributed by atoms with van der Waals surface area (Å²) in [5.74, 6) is 0. The number of nitrogens with one attached hydrogen (secondary N) is 1. The number of anilines is 1. The predicted octanol–water partition coefficient (Wildman–Crippen LogP) is 1.30. The highest BCUT2D eigenvalue weighted by Gasteiger charge is 2.06. The normalized spacial score (nSPS) is 10.5. The number of rotatable bonds is 3. The molecule has 0 aliphatic carbocycles. The lowest BCUT2D eigenvalue weighted by molar-refractivity contribution is 0.671. The largest absolute Gasteiger partial charge is 0.381 e. The van der Waals surface area contributed by atoms with Gasteiger partial charge in [-0.3, -0.25) is 9.36 Å². The number of aryl methyl sites for hydroxylation is 1. The van der Waals surface area contributed by atoms with Crippen molar-refractivity contribution in [3.05, 3.63) is 60.4 Å². The molecule has 0 bridgehead atoms. The Kier molecular flexibility index (Phi) is 4.08. The van der Waals surface area contributed by atoms with E-state index in [2.05, 4.69) is 27.9 Å². The molecule has 0 unspecified atom stereocenters. The highest BCUT2D eigenvalue weighted by molar-refractivity contribution is 14.1. The van der Waals surface area contributed by atoms with Gasteiger partial charge in [-0.05, 0) is 46.9 Å². The number of nitrogens with zero attached hydrogens (tertiary/aromatic N) is 2. The Hall–Kier alpha value is -1.57. The third-order valence-corrected chi connectivity index (χ3v) is 3.56. The highest BCUT2D eigenvalue weighted by Crippen LogP contribution is 2.11. The van der Waals surface area contributed by atoms with Crippen molar-refractivity contribution in [2.24, 2.45) is 14.1 Å². The van der Waals surface area contributed by atoms with Crippen LogP contribution < -0.4 is 16.6 Å². The Morgan fingerprint density at radius 1 is 1.16 bits per heavy atom. The van der Waals surface area contributed by atoms with E-state index in [1.54, 1.807) is 13.2 Å². The molecule has 0 aliphatic rings. The standard InChI is InChI=1S/C13H14IN3O2/c1-16-8-9(12(18)17(2)13(16)19)7-15-11-5-3-10(14)4-6-11/h3-6,8,15H,7H2,1-2H3. The molecule has 19 heavy (non-hydrogen) atoms. The van der Waals surface area contributed by atoms with Crippen LogP contribution in [-0.2, 0) is 20.6 Å². The lowest BCUT2D eigenvalue weighted by atomic mass is 10.3. The molecule has 0 fully saturated rings. The van der Waals surface area contributed by atoms with Crippen LogP contribution >= 0.6 is 22.6 Å². The SMILES string of the molecule is Cn1cc(CNc2ccc(I)cc2)c(=O)n(C)c1=O. The second-order valence-corrected chi connectivity index (χ2v) is 5.52. The van der Waals surface area contributed by atoms with Gasteiger partial charge in [0, 0.05) is 36.1 Å². The lowest BCUT2D eigenvalue weighted by Crippen LogP contribution is -2.38. The molecule has 0 saturated heterocycles. The Morgan fingerprint density at radius 2 is 1.79 bits per heavy atom. The minimum atomic E-state index is -0.317. The number of halogens is 1. The van der Waals surface area contributed by atoms with E-state index in [0.717, 1.165) is 13.8 Å². The molecule has 1 N–H and O–H groups in total. The first-order valence-corrected chi connectivity index (χ1v) is 6.82. The molecule has 0 aliphatic heterocycles. The molecule has 0 radical (unpaired) electrons. The van der Waals surface area contributed by atoms with Crippen LogP contribution in [0, 0.1) is 3.57 Å².